The van der Waals surface area contributed by atoms with Crippen molar-refractivity contribution in [1.82, 2.24) is 5.32 Å². The summed E-state index contributed by atoms with van der Waals surface area (Å²) in [5, 5.41) is 11.1. The van der Waals surface area contributed by atoms with Crippen molar-refractivity contribution < 1.29 is 24.2 Å². The Balaban J connectivity index is 3.43. The molecule has 1 atom stereocenters. The van der Waals surface area contributed by atoms with E-state index in [0.29, 0.717) is 32.8 Å². The van der Waals surface area contributed by atoms with Crippen LogP contribution >= 0.6 is 0 Å². The highest BCUT2D eigenvalue weighted by Gasteiger charge is 2.13. The number of methoxy groups -OCH3 is 1. The Bertz CT molecular complexity index is 248. The minimum absolute atomic E-state index is 0.102. The molecule has 1 amide bonds. The van der Waals surface area contributed by atoms with Gasteiger partial charge in [-0.1, -0.05) is 0 Å². The molecule has 18 heavy (non-hydrogen) atoms. The molecule has 0 heterocycles. The van der Waals surface area contributed by atoms with E-state index in [1.807, 2.05) is 0 Å². The summed E-state index contributed by atoms with van der Waals surface area (Å²) < 4.78 is 10.0. The van der Waals surface area contributed by atoms with Gasteiger partial charge in [0.1, 0.15) is 0 Å². The molecule has 0 saturated heterocycles. The highest BCUT2D eigenvalue weighted by Crippen LogP contribution is 1.94. The standard InChI is InChI=1S/C11H22N2O5/c1-17-7-8-18-6-2-5-13-11(16)9(12)3-4-10(14)15/h9H,2-8,12H2,1H3,(H,13,16)(H,14,15). The van der Waals surface area contributed by atoms with E-state index in [1.165, 1.54) is 0 Å². The van der Waals surface area contributed by atoms with Gasteiger partial charge in [0, 0.05) is 26.7 Å². The minimum Gasteiger partial charge on any atom is -0.481 e. The maximum Gasteiger partial charge on any atom is 0.303 e. The van der Waals surface area contributed by atoms with Crippen molar-refractivity contribution in [3.8, 4) is 0 Å². The molecule has 0 aromatic heterocycles. The first kappa shape index (κ1) is 16.8. The molecule has 0 aliphatic rings. The number of hydrogen-bond acceptors (Lipinski definition) is 5. The number of amides is 1. The summed E-state index contributed by atoms with van der Waals surface area (Å²) in [6.45, 7) is 2.08. The Morgan fingerprint density at radius 2 is 2.06 bits per heavy atom. The van der Waals surface area contributed by atoms with Crippen LogP contribution in [0.1, 0.15) is 19.3 Å². The normalized spacial score (nSPS) is 12.1. The number of carboxylic acid groups (broad SMARTS) is 1. The number of nitrogens with two attached hydrogens (primary N) is 1. The first-order valence-corrected chi connectivity index (χ1v) is 5.89. The second kappa shape index (κ2) is 10.9. The van der Waals surface area contributed by atoms with Crippen LogP contribution in [0.25, 0.3) is 0 Å². The van der Waals surface area contributed by atoms with E-state index in [-0.39, 0.29) is 18.7 Å². The molecule has 7 heteroatoms. The number of aliphatic carboxylic acids is 1. The lowest BCUT2D eigenvalue weighted by Crippen LogP contribution is -2.41. The van der Waals surface area contributed by atoms with Gasteiger partial charge in [0.2, 0.25) is 5.91 Å². The Morgan fingerprint density at radius 1 is 1.33 bits per heavy atom. The molecule has 7 nitrogen and oxygen atoms in total. The number of carbonyl (C=O) groups excluding carboxylic acids is 1. The first-order valence-electron chi connectivity index (χ1n) is 5.89. The Hall–Kier alpha value is -1.18. The monoisotopic (exact) mass is 262 g/mol. The van der Waals surface area contributed by atoms with Gasteiger partial charge in [0.15, 0.2) is 0 Å². The number of carbonyl (C=O) groups is 2. The molecule has 0 aliphatic carbocycles. The van der Waals surface area contributed by atoms with Crippen LogP contribution < -0.4 is 11.1 Å². The van der Waals surface area contributed by atoms with E-state index in [9.17, 15) is 9.59 Å². The molecule has 4 N–H and O–H groups in total. The van der Waals surface area contributed by atoms with Crippen LogP contribution in [0.5, 0.6) is 0 Å². The fourth-order valence-corrected chi connectivity index (χ4v) is 1.17. The molecule has 0 aliphatic heterocycles. The van der Waals surface area contributed by atoms with Crippen molar-refractivity contribution in [3.63, 3.8) is 0 Å². The van der Waals surface area contributed by atoms with Gasteiger partial charge >= 0.3 is 5.97 Å². The van der Waals surface area contributed by atoms with Crippen LogP contribution in [0.3, 0.4) is 0 Å². The molecule has 0 spiro atoms. The molecule has 0 rings (SSSR count). The number of rotatable bonds is 11. The SMILES string of the molecule is COCCOCCCNC(=O)C(N)CCC(=O)O. The Labute approximate surface area is 107 Å². The van der Waals surface area contributed by atoms with Crippen LogP contribution in [-0.4, -0.2) is 56.5 Å². The third-order valence-electron chi connectivity index (χ3n) is 2.20. The second-order valence-electron chi connectivity index (χ2n) is 3.79. The smallest absolute Gasteiger partial charge is 0.303 e. The van der Waals surface area contributed by atoms with Gasteiger partial charge in [-0.2, -0.15) is 0 Å². The molecular weight excluding hydrogens is 240 g/mol. The quantitative estimate of drug-likeness (QED) is 0.427. The van der Waals surface area contributed by atoms with E-state index >= 15 is 0 Å². The third-order valence-corrected chi connectivity index (χ3v) is 2.20. The maximum absolute atomic E-state index is 11.4. The van der Waals surface area contributed by atoms with E-state index in [1.54, 1.807) is 7.11 Å². The fourth-order valence-electron chi connectivity index (χ4n) is 1.17. The molecule has 0 radical (unpaired) electrons. The molecule has 0 aromatic rings. The number of hydrogen-bond donors (Lipinski definition) is 3. The van der Waals surface area contributed by atoms with Crippen molar-refractivity contribution in [2.45, 2.75) is 25.3 Å². The summed E-state index contributed by atoms with van der Waals surface area (Å²) in [6, 6.07) is -0.768. The third kappa shape index (κ3) is 10.0. The first-order chi connectivity index (χ1) is 8.57. The van der Waals surface area contributed by atoms with Gasteiger partial charge in [-0.25, -0.2) is 0 Å². The van der Waals surface area contributed by atoms with E-state index in [4.69, 9.17) is 20.3 Å². The molecule has 0 fully saturated rings. The number of nitrogens with one attached hydrogen (secondary N) is 1. The van der Waals surface area contributed by atoms with Crippen molar-refractivity contribution in [2.24, 2.45) is 5.73 Å². The average molecular weight is 262 g/mol. The lowest BCUT2D eigenvalue weighted by atomic mass is 10.1. The van der Waals surface area contributed by atoms with Crippen molar-refractivity contribution >= 4 is 11.9 Å². The fraction of sp³-hybridized carbons (Fsp3) is 0.818. The summed E-state index contributed by atoms with van der Waals surface area (Å²) in [5.41, 5.74) is 5.52. The summed E-state index contributed by atoms with van der Waals surface area (Å²) in [4.78, 5) is 21.7. The second-order valence-corrected chi connectivity index (χ2v) is 3.79. The predicted molar refractivity (Wildman–Crippen MR) is 65.2 cm³/mol. The van der Waals surface area contributed by atoms with Crippen LogP contribution in [0.4, 0.5) is 0 Å². The summed E-state index contributed by atoms with van der Waals surface area (Å²) in [6.07, 6.45) is 0.724. The summed E-state index contributed by atoms with van der Waals surface area (Å²) in [7, 11) is 1.60. The molecular formula is C11H22N2O5. The van der Waals surface area contributed by atoms with Gasteiger partial charge in [-0.05, 0) is 12.8 Å². The number of ether oxygens (including phenoxy) is 2. The van der Waals surface area contributed by atoms with E-state index in [2.05, 4.69) is 5.32 Å². The topological polar surface area (TPSA) is 111 Å². The Kier molecular flexibility index (Phi) is 10.2. The van der Waals surface area contributed by atoms with Crippen LogP contribution in [0.15, 0.2) is 0 Å². The molecule has 106 valence electrons. The van der Waals surface area contributed by atoms with Crippen LogP contribution in [0.2, 0.25) is 0 Å². The molecule has 0 saturated carbocycles. The largest absolute Gasteiger partial charge is 0.481 e. The average Bonchev–Trinajstić information content (AvgIpc) is 2.34. The molecule has 1 unspecified atom stereocenters. The van der Waals surface area contributed by atoms with Gasteiger partial charge in [0.25, 0.3) is 0 Å². The van der Waals surface area contributed by atoms with Crippen molar-refractivity contribution in [1.29, 1.82) is 0 Å². The maximum atomic E-state index is 11.4. The van der Waals surface area contributed by atoms with Crippen molar-refractivity contribution in [3.05, 3.63) is 0 Å². The molecule has 0 bridgehead atoms. The lowest BCUT2D eigenvalue weighted by molar-refractivity contribution is -0.137. The summed E-state index contributed by atoms with van der Waals surface area (Å²) >= 11 is 0. The van der Waals surface area contributed by atoms with Gasteiger partial charge in [0.05, 0.1) is 19.3 Å². The van der Waals surface area contributed by atoms with Crippen molar-refractivity contribution in [2.75, 3.05) is 33.5 Å². The zero-order valence-electron chi connectivity index (χ0n) is 10.7. The van der Waals surface area contributed by atoms with Gasteiger partial charge in [-0.3, -0.25) is 9.59 Å². The van der Waals surface area contributed by atoms with Crippen LogP contribution in [-0.2, 0) is 19.1 Å². The minimum atomic E-state index is -0.954. The zero-order valence-corrected chi connectivity index (χ0v) is 10.7. The Morgan fingerprint density at radius 3 is 2.67 bits per heavy atom. The highest BCUT2D eigenvalue weighted by atomic mass is 16.5. The van der Waals surface area contributed by atoms with Gasteiger partial charge in [-0.15, -0.1) is 0 Å². The highest BCUT2D eigenvalue weighted by molar-refractivity contribution is 5.82. The predicted octanol–water partition coefficient (Wildman–Crippen LogP) is -0.652. The summed E-state index contributed by atoms with van der Waals surface area (Å²) in [5.74, 6) is -1.28. The van der Waals surface area contributed by atoms with Crippen LogP contribution in [0, 0.1) is 0 Å². The van der Waals surface area contributed by atoms with E-state index < -0.39 is 12.0 Å². The van der Waals surface area contributed by atoms with E-state index in [0.717, 1.165) is 0 Å². The zero-order chi connectivity index (χ0) is 13.8. The van der Waals surface area contributed by atoms with Gasteiger partial charge < -0.3 is 25.6 Å². The number of carboxylic acids is 1. The molecule has 0 aromatic carbocycles. The lowest BCUT2D eigenvalue weighted by Gasteiger charge is -2.11.